The Kier molecular flexibility index (Phi) is 2.45. The molecule has 0 aliphatic heterocycles. The highest BCUT2D eigenvalue weighted by Gasteiger charge is 2.15. The van der Waals surface area contributed by atoms with E-state index in [9.17, 15) is 4.57 Å². The van der Waals surface area contributed by atoms with Crippen molar-refractivity contribution in [3.63, 3.8) is 0 Å². The van der Waals surface area contributed by atoms with E-state index in [2.05, 4.69) is 6.58 Å². The summed E-state index contributed by atoms with van der Waals surface area (Å²) in [5, 5.41) is 0. The minimum atomic E-state index is -2.87. The van der Waals surface area contributed by atoms with Crippen LogP contribution in [0.2, 0.25) is 0 Å². The van der Waals surface area contributed by atoms with Crippen LogP contribution < -0.4 is 0 Å². The normalized spacial score (nSPS) is 21.4. The smallest absolute Gasteiger partial charge is 0.204 e. The van der Waals surface area contributed by atoms with Gasteiger partial charge in [0.05, 0.1) is 5.66 Å². The Morgan fingerprint density at radius 3 is 2.25 bits per heavy atom. The highest BCUT2D eigenvalue weighted by molar-refractivity contribution is 7.58. The van der Waals surface area contributed by atoms with Gasteiger partial charge in [0.2, 0.25) is 7.37 Å². The van der Waals surface area contributed by atoms with Crippen LogP contribution in [-0.4, -0.2) is 17.2 Å². The molecule has 0 radical (unpaired) electrons. The van der Waals surface area contributed by atoms with Crippen molar-refractivity contribution in [3.8, 4) is 0 Å². The summed E-state index contributed by atoms with van der Waals surface area (Å²) in [7, 11) is -2.87. The summed E-state index contributed by atoms with van der Waals surface area (Å²) in [4.78, 5) is 8.77. The molecule has 0 aliphatic carbocycles. The molecule has 0 amide bonds. The molecule has 2 atom stereocenters. The number of rotatable bonds is 2. The molecule has 8 heavy (non-hydrogen) atoms. The molecule has 0 aromatic heterocycles. The predicted octanol–water partition coefficient (Wildman–Crippen LogP) is 1.46. The fourth-order valence-electron chi connectivity index (χ4n) is 0.196. The zero-order valence-electron chi connectivity index (χ0n) is 5.16. The van der Waals surface area contributed by atoms with E-state index in [-0.39, 0.29) is 5.66 Å². The molecule has 0 spiro atoms. The molecule has 0 aromatic carbocycles. The van der Waals surface area contributed by atoms with Crippen molar-refractivity contribution in [2.24, 2.45) is 0 Å². The van der Waals surface area contributed by atoms with Gasteiger partial charge in [-0.25, -0.2) is 0 Å². The van der Waals surface area contributed by atoms with Gasteiger partial charge >= 0.3 is 0 Å². The van der Waals surface area contributed by atoms with Crippen LogP contribution in [0.3, 0.4) is 0 Å². The van der Waals surface area contributed by atoms with Crippen LogP contribution in [0.15, 0.2) is 12.7 Å². The van der Waals surface area contributed by atoms with E-state index < -0.39 is 7.37 Å². The second-order valence-corrected chi connectivity index (χ2v) is 4.62. The molecular formula is C5H11O2P. The fourth-order valence-corrected chi connectivity index (χ4v) is 0.587. The Morgan fingerprint density at radius 2 is 2.25 bits per heavy atom. The third-order valence-corrected chi connectivity index (χ3v) is 2.82. The summed E-state index contributed by atoms with van der Waals surface area (Å²) in [6.07, 6.45) is 1.49. The van der Waals surface area contributed by atoms with Crippen molar-refractivity contribution in [2.75, 3.05) is 6.66 Å². The third-order valence-electron chi connectivity index (χ3n) is 1.10. The first kappa shape index (κ1) is 7.93. The van der Waals surface area contributed by atoms with Crippen LogP contribution in [0.1, 0.15) is 6.92 Å². The molecular weight excluding hydrogens is 123 g/mol. The fraction of sp³-hybridized carbons (Fsp3) is 0.600. The van der Waals surface area contributed by atoms with Gasteiger partial charge in [0.25, 0.3) is 0 Å². The van der Waals surface area contributed by atoms with Crippen LogP contribution in [0, 0.1) is 0 Å². The van der Waals surface area contributed by atoms with Gasteiger partial charge in [0, 0.05) is 6.66 Å². The Morgan fingerprint density at radius 1 is 1.88 bits per heavy atom. The Bertz CT molecular complexity index is 124. The third kappa shape index (κ3) is 2.29. The van der Waals surface area contributed by atoms with E-state index in [1.165, 1.54) is 12.7 Å². The van der Waals surface area contributed by atoms with Crippen molar-refractivity contribution in [1.29, 1.82) is 0 Å². The maximum Gasteiger partial charge on any atom is 0.204 e. The van der Waals surface area contributed by atoms with E-state index in [1.54, 1.807) is 6.92 Å². The van der Waals surface area contributed by atoms with Crippen molar-refractivity contribution in [3.05, 3.63) is 12.7 Å². The summed E-state index contributed by atoms with van der Waals surface area (Å²) < 4.78 is 10.6. The van der Waals surface area contributed by atoms with Crippen LogP contribution >= 0.6 is 7.37 Å². The molecule has 2 unspecified atom stereocenters. The average molecular weight is 134 g/mol. The van der Waals surface area contributed by atoms with E-state index in [0.717, 1.165) is 0 Å². The minimum Gasteiger partial charge on any atom is -0.344 e. The van der Waals surface area contributed by atoms with Crippen molar-refractivity contribution in [2.45, 2.75) is 12.6 Å². The van der Waals surface area contributed by atoms with Gasteiger partial charge in [-0.2, -0.15) is 0 Å². The van der Waals surface area contributed by atoms with Crippen molar-refractivity contribution >= 4 is 7.37 Å². The average Bonchev–Trinajstić information content (AvgIpc) is 1.62. The van der Waals surface area contributed by atoms with E-state index >= 15 is 0 Å². The summed E-state index contributed by atoms with van der Waals surface area (Å²) in [5.74, 6) is 0. The second kappa shape index (κ2) is 2.47. The molecule has 0 bridgehead atoms. The lowest BCUT2D eigenvalue weighted by atomic mass is 10.5. The lowest BCUT2D eigenvalue weighted by Crippen LogP contribution is -1.95. The molecule has 3 heteroatoms. The van der Waals surface area contributed by atoms with Gasteiger partial charge in [-0.05, 0) is 6.92 Å². The molecule has 0 fully saturated rings. The van der Waals surface area contributed by atoms with Gasteiger partial charge in [0.15, 0.2) is 0 Å². The lowest BCUT2D eigenvalue weighted by molar-refractivity contribution is 0.479. The van der Waals surface area contributed by atoms with E-state index in [0.29, 0.717) is 0 Å². The van der Waals surface area contributed by atoms with Crippen LogP contribution in [-0.2, 0) is 4.57 Å². The number of hydrogen-bond acceptors (Lipinski definition) is 1. The maximum absolute atomic E-state index is 10.6. The van der Waals surface area contributed by atoms with Gasteiger partial charge < -0.3 is 4.89 Å². The molecule has 0 aliphatic rings. The first-order valence-electron chi connectivity index (χ1n) is 2.41. The number of allylic oxidation sites excluding steroid dienone is 1. The van der Waals surface area contributed by atoms with Crippen LogP contribution in [0.4, 0.5) is 0 Å². The molecule has 0 heterocycles. The van der Waals surface area contributed by atoms with E-state index in [4.69, 9.17) is 4.89 Å². The Labute approximate surface area is 49.7 Å². The topological polar surface area (TPSA) is 37.3 Å². The van der Waals surface area contributed by atoms with E-state index in [1.807, 2.05) is 0 Å². The first-order valence-corrected chi connectivity index (χ1v) is 4.58. The summed E-state index contributed by atoms with van der Waals surface area (Å²) in [5.41, 5.74) is -0.275. The minimum absolute atomic E-state index is 0.275. The zero-order chi connectivity index (χ0) is 6.78. The lowest BCUT2D eigenvalue weighted by Gasteiger charge is -2.07. The molecule has 0 saturated heterocycles. The molecule has 2 nitrogen and oxygen atoms in total. The largest absolute Gasteiger partial charge is 0.344 e. The van der Waals surface area contributed by atoms with Crippen molar-refractivity contribution < 1.29 is 9.46 Å². The first-order chi connectivity index (χ1) is 3.48. The second-order valence-electron chi connectivity index (χ2n) is 1.92. The predicted molar refractivity (Wildman–Crippen MR) is 35.4 cm³/mol. The quantitative estimate of drug-likeness (QED) is 0.458. The molecule has 48 valence electrons. The molecule has 0 rings (SSSR count). The molecule has 1 N–H and O–H groups in total. The Balaban J connectivity index is 4.02. The summed E-state index contributed by atoms with van der Waals surface area (Å²) >= 11 is 0. The van der Waals surface area contributed by atoms with Gasteiger partial charge in [0.1, 0.15) is 0 Å². The van der Waals surface area contributed by atoms with Crippen LogP contribution in [0.5, 0.6) is 0 Å². The zero-order valence-corrected chi connectivity index (χ0v) is 6.06. The summed E-state index contributed by atoms with van der Waals surface area (Å²) in [6.45, 7) is 6.40. The maximum atomic E-state index is 10.6. The SMILES string of the molecule is C=CC(C)P(C)(=O)O. The summed E-state index contributed by atoms with van der Waals surface area (Å²) in [6, 6.07) is 0. The molecule has 0 aromatic rings. The highest BCUT2D eigenvalue weighted by Crippen LogP contribution is 2.41. The Hall–Kier alpha value is -0.0700. The standard InChI is InChI=1S/C5H11O2P/c1-4-5(2)8(3,6)7/h4-5H,1H2,2-3H3,(H,6,7). The number of hydrogen-bond donors (Lipinski definition) is 1. The molecule has 0 saturated carbocycles. The van der Waals surface area contributed by atoms with Crippen LogP contribution in [0.25, 0.3) is 0 Å². The van der Waals surface area contributed by atoms with Gasteiger partial charge in [-0.15, -0.1) is 6.58 Å². The van der Waals surface area contributed by atoms with Gasteiger partial charge in [-0.3, -0.25) is 4.57 Å². The van der Waals surface area contributed by atoms with Gasteiger partial charge in [-0.1, -0.05) is 6.08 Å². The monoisotopic (exact) mass is 134 g/mol. The highest BCUT2D eigenvalue weighted by atomic mass is 31.2. The van der Waals surface area contributed by atoms with Crippen molar-refractivity contribution in [1.82, 2.24) is 0 Å².